The van der Waals surface area contributed by atoms with E-state index in [9.17, 15) is 23.1 Å². The van der Waals surface area contributed by atoms with Crippen LogP contribution in [0.4, 0.5) is 0 Å². The quantitative estimate of drug-likeness (QED) is 0.602. The molecule has 0 radical (unpaired) electrons. The maximum absolute atomic E-state index is 12.4. The summed E-state index contributed by atoms with van der Waals surface area (Å²) in [6.45, 7) is 1.04. The predicted octanol–water partition coefficient (Wildman–Crippen LogP) is 0.984. The Morgan fingerprint density at radius 2 is 1.89 bits per heavy atom. The molecular formula is C18H24N2O6S. The SMILES string of the molecule is O=C(NCC(C(=O)O)C1CCOCC1)c1cccc(S(=O)(=O)NC2CC2)c1. The molecule has 1 aromatic carbocycles. The molecule has 1 atom stereocenters. The highest BCUT2D eigenvalue weighted by Crippen LogP contribution is 2.24. The molecule has 1 heterocycles. The molecular weight excluding hydrogens is 372 g/mol. The van der Waals surface area contributed by atoms with Crippen molar-refractivity contribution in [3.63, 3.8) is 0 Å². The average Bonchev–Trinajstić information content (AvgIpc) is 3.46. The zero-order chi connectivity index (χ0) is 19.4. The number of aliphatic carboxylic acids is 1. The van der Waals surface area contributed by atoms with Gasteiger partial charge >= 0.3 is 5.97 Å². The highest BCUT2D eigenvalue weighted by Gasteiger charge is 2.31. The van der Waals surface area contributed by atoms with Crippen LogP contribution in [-0.4, -0.2) is 51.2 Å². The maximum atomic E-state index is 12.4. The minimum absolute atomic E-state index is 0.00383. The molecule has 1 saturated heterocycles. The van der Waals surface area contributed by atoms with E-state index >= 15 is 0 Å². The molecule has 1 aromatic rings. The van der Waals surface area contributed by atoms with Crippen molar-refractivity contribution in [1.29, 1.82) is 0 Å². The van der Waals surface area contributed by atoms with Crippen molar-refractivity contribution in [2.75, 3.05) is 19.8 Å². The van der Waals surface area contributed by atoms with E-state index in [0.717, 1.165) is 12.8 Å². The Morgan fingerprint density at radius 1 is 1.19 bits per heavy atom. The number of carbonyl (C=O) groups is 2. The molecule has 0 spiro atoms. The van der Waals surface area contributed by atoms with Gasteiger partial charge in [-0.3, -0.25) is 9.59 Å². The smallest absolute Gasteiger partial charge is 0.308 e. The van der Waals surface area contributed by atoms with Crippen LogP contribution in [0.25, 0.3) is 0 Å². The first-order valence-electron chi connectivity index (χ1n) is 9.08. The van der Waals surface area contributed by atoms with Gasteiger partial charge in [-0.15, -0.1) is 0 Å². The van der Waals surface area contributed by atoms with Crippen molar-refractivity contribution in [2.24, 2.45) is 11.8 Å². The van der Waals surface area contributed by atoms with Crippen molar-refractivity contribution in [1.82, 2.24) is 10.0 Å². The molecule has 0 aromatic heterocycles. The van der Waals surface area contributed by atoms with Gasteiger partial charge in [-0.05, 0) is 49.8 Å². The number of ether oxygens (including phenoxy) is 1. The third-order valence-electron chi connectivity index (χ3n) is 4.94. The van der Waals surface area contributed by atoms with Crippen LogP contribution in [-0.2, 0) is 19.6 Å². The third-order valence-corrected chi connectivity index (χ3v) is 6.46. The summed E-state index contributed by atoms with van der Waals surface area (Å²) in [6.07, 6.45) is 2.94. The predicted molar refractivity (Wildman–Crippen MR) is 96.8 cm³/mol. The standard InChI is InChI=1S/C18H24N2O6S/c21-17(19-11-16(18(22)23)12-6-8-26-9-7-12)13-2-1-3-15(10-13)27(24,25)20-14-4-5-14/h1-3,10,12,14,16,20H,4-9,11H2,(H,19,21)(H,22,23). The number of carbonyl (C=O) groups excluding carboxylic acids is 1. The number of benzene rings is 1. The Kier molecular flexibility index (Phi) is 6.13. The fraction of sp³-hybridized carbons (Fsp3) is 0.556. The fourth-order valence-electron chi connectivity index (χ4n) is 3.17. The van der Waals surface area contributed by atoms with Crippen LogP contribution in [0.1, 0.15) is 36.0 Å². The Labute approximate surface area is 158 Å². The lowest BCUT2D eigenvalue weighted by Crippen LogP contribution is -2.39. The van der Waals surface area contributed by atoms with Crippen molar-refractivity contribution >= 4 is 21.9 Å². The molecule has 3 rings (SSSR count). The van der Waals surface area contributed by atoms with Gasteiger partial charge in [-0.1, -0.05) is 6.07 Å². The van der Waals surface area contributed by atoms with Gasteiger partial charge in [0.05, 0.1) is 10.8 Å². The van der Waals surface area contributed by atoms with E-state index < -0.39 is 27.8 Å². The Morgan fingerprint density at radius 3 is 2.52 bits per heavy atom. The Hall–Kier alpha value is -1.97. The van der Waals surface area contributed by atoms with Crippen molar-refractivity contribution in [3.05, 3.63) is 29.8 Å². The molecule has 1 saturated carbocycles. The van der Waals surface area contributed by atoms with Crippen LogP contribution >= 0.6 is 0 Å². The summed E-state index contributed by atoms with van der Waals surface area (Å²) in [5.41, 5.74) is 0.185. The summed E-state index contributed by atoms with van der Waals surface area (Å²) in [4.78, 5) is 24.0. The molecule has 1 unspecified atom stereocenters. The zero-order valence-electron chi connectivity index (χ0n) is 14.9. The molecule has 2 fully saturated rings. The van der Waals surface area contributed by atoms with E-state index in [0.29, 0.717) is 26.1 Å². The number of amides is 1. The molecule has 3 N–H and O–H groups in total. The number of sulfonamides is 1. The van der Waals surface area contributed by atoms with Crippen LogP contribution in [0.15, 0.2) is 29.2 Å². The van der Waals surface area contributed by atoms with E-state index in [1.165, 1.54) is 24.3 Å². The first-order valence-corrected chi connectivity index (χ1v) is 10.6. The lowest BCUT2D eigenvalue weighted by Gasteiger charge is -2.27. The van der Waals surface area contributed by atoms with E-state index in [2.05, 4.69) is 10.0 Å². The minimum Gasteiger partial charge on any atom is -0.481 e. The topological polar surface area (TPSA) is 122 Å². The van der Waals surface area contributed by atoms with Crippen LogP contribution in [0.3, 0.4) is 0 Å². The zero-order valence-corrected chi connectivity index (χ0v) is 15.7. The van der Waals surface area contributed by atoms with E-state index in [1.807, 2.05) is 0 Å². The monoisotopic (exact) mass is 396 g/mol. The van der Waals surface area contributed by atoms with E-state index in [-0.39, 0.29) is 29.0 Å². The highest BCUT2D eigenvalue weighted by atomic mass is 32.2. The van der Waals surface area contributed by atoms with Crippen LogP contribution in [0.5, 0.6) is 0 Å². The van der Waals surface area contributed by atoms with E-state index in [4.69, 9.17) is 4.74 Å². The summed E-state index contributed by atoms with van der Waals surface area (Å²) in [5, 5.41) is 12.1. The number of carboxylic acids is 1. The van der Waals surface area contributed by atoms with Gasteiger partial charge in [0.25, 0.3) is 5.91 Å². The van der Waals surface area contributed by atoms with Gasteiger partial charge in [-0.25, -0.2) is 13.1 Å². The fourth-order valence-corrected chi connectivity index (χ4v) is 4.52. The first kappa shape index (κ1) is 19.8. The maximum Gasteiger partial charge on any atom is 0.308 e. The highest BCUT2D eigenvalue weighted by molar-refractivity contribution is 7.89. The molecule has 27 heavy (non-hydrogen) atoms. The van der Waals surface area contributed by atoms with Gasteiger partial charge in [0.1, 0.15) is 0 Å². The summed E-state index contributed by atoms with van der Waals surface area (Å²) in [6, 6.07) is 5.73. The number of carboxylic acid groups (broad SMARTS) is 1. The second kappa shape index (κ2) is 8.37. The molecule has 0 bridgehead atoms. The Bertz CT molecular complexity index is 800. The van der Waals surface area contributed by atoms with Crippen molar-refractivity contribution in [3.8, 4) is 0 Å². The second-order valence-corrected chi connectivity index (χ2v) is 8.74. The number of rotatable bonds is 8. The van der Waals surface area contributed by atoms with Gasteiger partial charge in [0.2, 0.25) is 10.0 Å². The minimum atomic E-state index is -3.65. The van der Waals surface area contributed by atoms with Gasteiger partial charge in [0, 0.05) is 31.4 Å². The average molecular weight is 396 g/mol. The summed E-state index contributed by atoms with van der Waals surface area (Å²) < 4.78 is 32.4. The summed E-state index contributed by atoms with van der Waals surface area (Å²) in [7, 11) is -3.65. The van der Waals surface area contributed by atoms with Crippen LogP contribution in [0, 0.1) is 11.8 Å². The summed E-state index contributed by atoms with van der Waals surface area (Å²) in [5.74, 6) is -2.18. The molecule has 9 heteroatoms. The molecule has 1 aliphatic carbocycles. The molecule has 2 aliphatic rings. The van der Waals surface area contributed by atoms with Gasteiger partial charge in [-0.2, -0.15) is 0 Å². The number of nitrogens with one attached hydrogen (secondary N) is 2. The van der Waals surface area contributed by atoms with Crippen LogP contribution in [0.2, 0.25) is 0 Å². The largest absolute Gasteiger partial charge is 0.481 e. The molecule has 1 amide bonds. The van der Waals surface area contributed by atoms with Crippen LogP contribution < -0.4 is 10.0 Å². The lowest BCUT2D eigenvalue weighted by atomic mass is 9.86. The summed E-state index contributed by atoms with van der Waals surface area (Å²) >= 11 is 0. The second-order valence-electron chi connectivity index (χ2n) is 7.03. The van der Waals surface area contributed by atoms with Crippen molar-refractivity contribution < 1.29 is 27.9 Å². The first-order chi connectivity index (χ1) is 12.9. The van der Waals surface area contributed by atoms with E-state index in [1.54, 1.807) is 0 Å². The van der Waals surface area contributed by atoms with Gasteiger partial charge < -0.3 is 15.2 Å². The normalized spacial score (nSPS) is 19.4. The molecule has 8 nitrogen and oxygen atoms in total. The van der Waals surface area contributed by atoms with Gasteiger partial charge in [0.15, 0.2) is 0 Å². The number of hydrogen-bond donors (Lipinski definition) is 3. The number of hydrogen-bond acceptors (Lipinski definition) is 5. The molecule has 1 aliphatic heterocycles. The van der Waals surface area contributed by atoms with Crippen molar-refractivity contribution in [2.45, 2.75) is 36.6 Å². The molecule has 148 valence electrons. The Balaban J connectivity index is 1.64. The lowest BCUT2D eigenvalue weighted by molar-refractivity contribution is -0.144. The third kappa shape index (κ3) is 5.27.